The SMILES string of the molecule is CCN(Cc1ccc(Cl)s1)C(=O)COC(=O)[C@H](C)Oc1ccc(C#N)cc1. The fourth-order valence-corrected chi connectivity index (χ4v) is 3.31. The van der Waals surface area contributed by atoms with Gasteiger partial charge in [-0.2, -0.15) is 5.26 Å². The van der Waals surface area contributed by atoms with Crippen molar-refractivity contribution in [3.05, 3.63) is 51.2 Å². The summed E-state index contributed by atoms with van der Waals surface area (Å²) in [6, 6.07) is 12.0. The highest BCUT2D eigenvalue weighted by atomic mass is 35.5. The van der Waals surface area contributed by atoms with Gasteiger partial charge in [0.1, 0.15) is 5.75 Å². The lowest BCUT2D eigenvalue weighted by molar-refractivity contribution is -0.157. The molecule has 2 aromatic rings. The third-order valence-electron chi connectivity index (χ3n) is 3.68. The van der Waals surface area contributed by atoms with Gasteiger partial charge in [0.05, 0.1) is 22.5 Å². The van der Waals surface area contributed by atoms with E-state index in [1.54, 1.807) is 35.2 Å². The smallest absolute Gasteiger partial charge is 0.347 e. The Bertz CT molecular complexity index is 829. The van der Waals surface area contributed by atoms with E-state index in [1.807, 2.05) is 19.1 Å². The van der Waals surface area contributed by atoms with Gasteiger partial charge in [0, 0.05) is 11.4 Å². The lowest BCUT2D eigenvalue weighted by Crippen LogP contribution is -2.36. The average Bonchev–Trinajstić information content (AvgIpc) is 3.09. The predicted molar refractivity (Wildman–Crippen MR) is 103 cm³/mol. The number of ether oxygens (including phenoxy) is 2. The van der Waals surface area contributed by atoms with Crippen molar-refractivity contribution in [3.8, 4) is 11.8 Å². The molecule has 6 nitrogen and oxygen atoms in total. The largest absolute Gasteiger partial charge is 0.479 e. The van der Waals surface area contributed by atoms with Crippen LogP contribution in [-0.4, -0.2) is 36.0 Å². The van der Waals surface area contributed by atoms with Gasteiger partial charge in [-0.3, -0.25) is 4.79 Å². The summed E-state index contributed by atoms with van der Waals surface area (Å²) in [6.07, 6.45) is -0.878. The number of nitriles is 1. The van der Waals surface area contributed by atoms with E-state index in [1.165, 1.54) is 18.3 Å². The molecule has 142 valence electrons. The molecule has 1 aromatic heterocycles. The molecule has 0 saturated heterocycles. The molecule has 0 saturated carbocycles. The summed E-state index contributed by atoms with van der Waals surface area (Å²) in [5.74, 6) is -0.488. The van der Waals surface area contributed by atoms with Crippen LogP contribution in [0.5, 0.6) is 5.75 Å². The number of esters is 1. The van der Waals surface area contributed by atoms with Crippen LogP contribution in [0.3, 0.4) is 0 Å². The zero-order chi connectivity index (χ0) is 19.8. The third kappa shape index (κ3) is 6.27. The van der Waals surface area contributed by atoms with Crippen molar-refractivity contribution in [2.75, 3.05) is 13.2 Å². The normalized spacial score (nSPS) is 11.3. The molecule has 0 N–H and O–H groups in total. The summed E-state index contributed by atoms with van der Waals surface area (Å²) in [4.78, 5) is 26.9. The van der Waals surface area contributed by atoms with Crippen LogP contribution in [0.1, 0.15) is 24.3 Å². The number of rotatable bonds is 8. The van der Waals surface area contributed by atoms with Gasteiger partial charge in [-0.15, -0.1) is 11.3 Å². The molecule has 0 aliphatic carbocycles. The maximum Gasteiger partial charge on any atom is 0.347 e. The molecule has 0 aliphatic rings. The van der Waals surface area contributed by atoms with Crippen LogP contribution in [0.15, 0.2) is 36.4 Å². The van der Waals surface area contributed by atoms with Crippen LogP contribution in [0.2, 0.25) is 4.34 Å². The monoisotopic (exact) mass is 406 g/mol. The molecule has 1 aromatic carbocycles. The Balaban J connectivity index is 1.83. The molecule has 1 heterocycles. The van der Waals surface area contributed by atoms with Crippen LogP contribution >= 0.6 is 22.9 Å². The Morgan fingerprint density at radius 2 is 1.96 bits per heavy atom. The zero-order valence-electron chi connectivity index (χ0n) is 15.0. The average molecular weight is 407 g/mol. The highest BCUT2D eigenvalue weighted by molar-refractivity contribution is 7.16. The number of carbonyl (C=O) groups excluding carboxylic acids is 2. The highest BCUT2D eigenvalue weighted by Crippen LogP contribution is 2.22. The Kier molecular flexibility index (Phi) is 7.65. The second-order valence-electron chi connectivity index (χ2n) is 5.62. The van der Waals surface area contributed by atoms with Crippen molar-refractivity contribution in [3.63, 3.8) is 0 Å². The van der Waals surface area contributed by atoms with Crippen molar-refractivity contribution in [2.45, 2.75) is 26.5 Å². The molecule has 27 heavy (non-hydrogen) atoms. The number of benzene rings is 1. The second-order valence-corrected chi connectivity index (χ2v) is 7.42. The van der Waals surface area contributed by atoms with Gasteiger partial charge in [0.2, 0.25) is 0 Å². The molecular formula is C19H19ClN2O4S. The molecule has 0 unspecified atom stereocenters. The van der Waals surface area contributed by atoms with E-state index >= 15 is 0 Å². The van der Waals surface area contributed by atoms with Gasteiger partial charge < -0.3 is 14.4 Å². The minimum absolute atomic E-state index is 0.291. The van der Waals surface area contributed by atoms with E-state index in [0.717, 1.165) is 4.88 Å². The number of hydrogen-bond acceptors (Lipinski definition) is 6. The topological polar surface area (TPSA) is 79.6 Å². The first kappa shape index (κ1) is 20.7. The Hall–Kier alpha value is -2.56. The lowest BCUT2D eigenvalue weighted by Gasteiger charge is -2.20. The van der Waals surface area contributed by atoms with Crippen molar-refractivity contribution in [2.24, 2.45) is 0 Å². The molecule has 0 aliphatic heterocycles. The van der Waals surface area contributed by atoms with Gasteiger partial charge >= 0.3 is 5.97 Å². The fourth-order valence-electron chi connectivity index (χ4n) is 2.20. The molecule has 8 heteroatoms. The molecule has 1 atom stereocenters. The predicted octanol–water partition coefficient (Wildman–Crippen LogP) is 3.63. The molecule has 0 fully saturated rings. The van der Waals surface area contributed by atoms with Crippen LogP contribution < -0.4 is 4.74 Å². The van der Waals surface area contributed by atoms with Gasteiger partial charge in [0.15, 0.2) is 12.7 Å². The maximum atomic E-state index is 12.3. The minimum atomic E-state index is -0.878. The van der Waals surface area contributed by atoms with Crippen LogP contribution in [0.25, 0.3) is 0 Å². The number of amides is 1. The Morgan fingerprint density at radius 1 is 1.26 bits per heavy atom. The second kappa shape index (κ2) is 9.95. The Labute approximate surface area is 166 Å². The Morgan fingerprint density at radius 3 is 2.52 bits per heavy atom. The standard InChI is InChI=1S/C19H19ClN2O4S/c1-3-22(11-16-8-9-17(20)27-16)18(23)12-25-19(24)13(2)26-15-6-4-14(10-21)5-7-15/h4-9,13H,3,11-12H2,1-2H3/t13-/m0/s1. The van der Waals surface area contributed by atoms with Gasteiger partial charge in [-0.1, -0.05) is 11.6 Å². The van der Waals surface area contributed by atoms with Crippen LogP contribution in [-0.2, 0) is 20.9 Å². The van der Waals surface area contributed by atoms with Crippen LogP contribution in [0, 0.1) is 11.3 Å². The minimum Gasteiger partial charge on any atom is -0.479 e. The highest BCUT2D eigenvalue weighted by Gasteiger charge is 2.20. The number of halogens is 1. The summed E-state index contributed by atoms with van der Waals surface area (Å²) in [5, 5.41) is 8.77. The van der Waals surface area contributed by atoms with E-state index in [4.69, 9.17) is 26.3 Å². The molecule has 0 spiro atoms. The maximum absolute atomic E-state index is 12.3. The van der Waals surface area contributed by atoms with Crippen LogP contribution in [0.4, 0.5) is 0 Å². The van der Waals surface area contributed by atoms with Crippen molar-refractivity contribution < 1.29 is 19.1 Å². The summed E-state index contributed by atoms with van der Waals surface area (Å²) in [7, 11) is 0. The zero-order valence-corrected chi connectivity index (χ0v) is 16.5. The summed E-state index contributed by atoms with van der Waals surface area (Å²) >= 11 is 7.31. The van der Waals surface area contributed by atoms with E-state index in [-0.39, 0.29) is 12.5 Å². The lowest BCUT2D eigenvalue weighted by atomic mass is 10.2. The molecule has 0 bridgehead atoms. The number of thiophene rings is 1. The van der Waals surface area contributed by atoms with Gasteiger partial charge in [-0.25, -0.2) is 4.79 Å². The quantitative estimate of drug-likeness (QED) is 0.625. The van der Waals surface area contributed by atoms with Crippen molar-refractivity contribution in [1.82, 2.24) is 4.90 Å². The van der Waals surface area contributed by atoms with E-state index in [0.29, 0.717) is 28.7 Å². The van der Waals surface area contributed by atoms with Crippen molar-refractivity contribution in [1.29, 1.82) is 5.26 Å². The van der Waals surface area contributed by atoms with E-state index in [9.17, 15) is 9.59 Å². The third-order valence-corrected chi connectivity index (χ3v) is 4.89. The van der Waals surface area contributed by atoms with Gasteiger partial charge in [0.25, 0.3) is 5.91 Å². The first-order valence-electron chi connectivity index (χ1n) is 8.28. The summed E-state index contributed by atoms with van der Waals surface area (Å²) < 4.78 is 11.2. The molecule has 1 amide bonds. The van der Waals surface area contributed by atoms with E-state index < -0.39 is 12.1 Å². The fraction of sp³-hybridized carbons (Fsp3) is 0.316. The number of carbonyl (C=O) groups is 2. The molecule has 2 rings (SSSR count). The number of hydrogen-bond donors (Lipinski definition) is 0. The number of likely N-dealkylation sites (N-methyl/N-ethyl adjacent to an activating group) is 1. The molecule has 0 radical (unpaired) electrons. The molecular weight excluding hydrogens is 388 g/mol. The number of nitrogens with zero attached hydrogens (tertiary/aromatic N) is 2. The van der Waals surface area contributed by atoms with Crippen molar-refractivity contribution >= 4 is 34.8 Å². The summed E-state index contributed by atoms with van der Waals surface area (Å²) in [5.41, 5.74) is 0.495. The first-order valence-corrected chi connectivity index (χ1v) is 9.47. The summed E-state index contributed by atoms with van der Waals surface area (Å²) in [6.45, 7) is 3.94. The first-order chi connectivity index (χ1) is 12.9. The van der Waals surface area contributed by atoms with E-state index in [2.05, 4.69) is 0 Å². The van der Waals surface area contributed by atoms with Gasteiger partial charge in [-0.05, 0) is 50.2 Å².